The summed E-state index contributed by atoms with van der Waals surface area (Å²) in [6, 6.07) is 17.4. The van der Waals surface area contributed by atoms with Crippen molar-refractivity contribution in [1.82, 2.24) is 14.7 Å². The van der Waals surface area contributed by atoms with Gasteiger partial charge < -0.3 is 19.3 Å². The van der Waals surface area contributed by atoms with E-state index in [0.717, 1.165) is 62.6 Å². The number of ether oxygens (including phenoxy) is 2. The minimum absolute atomic E-state index is 0.0158. The molecule has 0 spiro atoms. The lowest BCUT2D eigenvalue weighted by Crippen LogP contribution is -2.52. The highest BCUT2D eigenvalue weighted by Gasteiger charge is 2.31. The maximum Gasteiger partial charge on any atom is 0.246 e. The summed E-state index contributed by atoms with van der Waals surface area (Å²) in [4.78, 5) is 31.8. The lowest BCUT2D eigenvalue weighted by Gasteiger charge is -2.38. The number of methoxy groups -OCH3 is 1. The molecule has 0 aromatic heterocycles. The molecule has 2 aliphatic heterocycles. The zero-order valence-electron chi connectivity index (χ0n) is 20.5. The number of rotatable bonds is 8. The summed E-state index contributed by atoms with van der Waals surface area (Å²) in [6.45, 7) is 5.95. The Hall–Kier alpha value is -3.32. The summed E-state index contributed by atoms with van der Waals surface area (Å²) >= 11 is 0. The quantitative estimate of drug-likeness (QED) is 0.547. The van der Waals surface area contributed by atoms with E-state index < -0.39 is 0 Å². The fraction of sp³-hybridized carbons (Fsp3) is 0.429. The van der Waals surface area contributed by atoms with Gasteiger partial charge in [0.2, 0.25) is 11.8 Å². The lowest BCUT2D eigenvalue weighted by molar-refractivity contribution is -0.140. The molecule has 2 fully saturated rings. The van der Waals surface area contributed by atoms with Crippen LogP contribution >= 0.6 is 0 Å². The Bertz CT molecular complexity index is 977. The molecule has 2 aromatic carbocycles. The summed E-state index contributed by atoms with van der Waals surface area (Å²) in [5.74, 6) is 1.92. The van der Waals surface area contributed by atoms with Gasteiger partial charge in [-0.05, 0) is 48.7 Å². The molecule has 0 aliphatic carbocycles. The van der Waals surface area contributed by atoms with Gasteiger partial charge in [0.1, 0.15) is 18.1 Å². The first-order chi connectivity index (χ1) is 17.1. The van der Waals surface area contributed by atoms with Gasteiger partial charge in [0.25, 0.3) is 0 Å². The average Bonchev–Trinajstić information content (AvgIpc) is 2.93. The van der Waals surface area contributed by atoms with E-state index in [9.17, 15) is 9.59 Å². The number of hydrogen-bond acceptors (Lipinski definition) is 5. The third kappa shape index (κ3) is 7.09. The van der Waals surface area contributed by atoms with Gasteiger partial charge in [0.15, 0.2) is 0 Å². The van der Waals surface area contributed by atoms with Crippen LogP contribution in [0.15, 0.2) is 60.7 Å². The zero-order chi connectivity index (χ0) is 24.5. The number of amides is 2. The van der Waals surface area contributed by atoms with Crippen molar-refractivity contribution in [2.75, 3.05) is 59.5 Å². The Morgan fingerprint density at radius 1 is 0.857 bits per heavy atom. The Labute approximate surface area is 207 Å². The molecular formula is C28H35N3O4. The van der Waals surface area contributed by atoms with Crippen LogP contribution in [0.4, 0.5) is 0 Å². The second-order valence-corrected chi connectivity index (χ2v) is 9.03. The van der Waals surface area contributed by atoms with Crippen molar-refractivity contribution < 1.29 is 19.1 Å². The van der Waals surface area contributed by atoms with Crippen molar-refractivity contribution in [1.29, 1.82) is 0 Å². The molecule has 0 radical (unpaired) electrons. The van der Waals surface area contributed by atoms with Gasteiger partial charge >= 0.3 is 0 Å². The van der Waals surface area contributed by atoms with Gasteiger partial charge in [-0.3, -0.25) is 14.5 Å². The molecule has 0 N–H and O–H groups in total. The van der Waals surface area contributed by atoms with Crippen LogP contribution in [0.3, 0.4) is 0 Å². The molecule has 35 heavy (non-hydrogen) atoms. The number of carbonyl (C=O) groups is 2. The average molecular weight is 478 g/mol. The Balaban J connectivity index is 1.14. The molecule has 2 amide bonds. The van der Waals surface area contributed by atoms with E-state index in [0.29, 0.717) is 19.7 Å². The smallest absolute Gasteiger partial charge is 0.246 e. The van der Waals surface area contributed by atoms with Crippen molar-refractivity contribution in [3.63, 3.8) is 0 Å². The predicted octanol–water partition coefficient (Wildman–Crippen LogP) is 3.17. The van der Waals surface area contributed by atoms with E-state index in [1.165, 1.54) is 0 Å². The van der Waals surface area contributed by atoms with Crippen LogP contribution in [0.2, 0.25) is 0 Å². The highest BCUT2D eigenvalue weighted by molar-refractivity contribution is 5.92. The van der Waals surface area contributed by atoms with Gasteiger partial charge in [0, 0.05) is 57.8 Å². The van der Waals surface area contributed by atoms with E-state index in [1.807, 2.05) is 70.5 Å². The number of carbonyl (C=O) groups excluding carboxylic acids is 2. The van der Waals surface area contributed by atoms with Crippen LogP contribution in [-0.4, -0.2) is 86.0 Å². The fourth-order valence-corrected chi connectivity index (χ4v) is 4.60. The molecule has 2 saturated heterocycles. The summed E-state index contributed by atoms with van der Waals surface area (Å²) in [5.41, 5.74) is 1.01. The molecule has 7 nitrogen and oxygen atoms in total. The van der Waals surface area contributed by atoms with E-state index in [2.05, 4.69) is 4.90 Å². The third-order valence-electron chi connectivity index (χ3n) is 6.79. The molecule has 186 valence electrons. The highest BCUT2D eigenvalue weighted by atomic mass is 16.5. The normalized spacial score (nSPS) is 17.5. The van der Waals surface area contributed by atoms with Crippen LogP contribution in [0.25, 0.3) is 6.08 Å². The first-order valence-electron chi connectivity index (χ1n) is 12.4. The standard InChI is InChI=1S/C28H35N3O4/c1-34-25-8-10-26(11-9-25)35-22-21-29-17-19-31(20-18-29)28(33)24-13-15-30(16-14-24)27(32)12-7-23-5-3-2-4-6-23/h2-12,24H,13-22H2,1H3. The van der Waals surface area contributed by atoms with E-state index in [1.54, 1.807) is 13.2 Å². The molecular weight excluding hydrogens is 442 g/mol. The van der Waals surface area contributed by atoms with Gasteiger partial charge in [0.05, 0.1) is 7.11 Å². The second kappa shape index (κ2) is 12.4. The van der Waals surface area contributed by atoms with Crippen LogP contribution in [-0.2, 0) is 9.59 Å². The minimum atomic E-state index is 0.0158. The number of piperidine rings is 1. The topological polar surface area (TPSA) is 62.3 Å². The van der Waals surface area contributed by atoms with Crippen molar-refractivity contribution in [2.45, 2.75) is 12.8 Å². The maximum absolute atomic E-state index is 13.1. The largest absolute Gasteiger partial charge is 0.497 e. The summed E-state index contributed by atoms with van der Waals surface area (Å²) in [5, 5.41) is 0. The number of hydrogen-bond donors (Lipinski definition) is 0. The number of likely N-dealkylation sites (tertiary alicyclic amines) is 1. The molecule has 0 bridgehead atoms. The van der Waals surface area contributed by atoms with Gasteiger partial charge in [-0.25, -0.2) is 0 Å². The molecule has 0 unspecified atom stereocenters. The van der Waals surface area contributed by atoms with Crippen molar-refractivity contribution >= 4 is 17.9 Å². The molecule has 7 heteroatoms. The first-order valence-corrected chi connectivity index (χ1v) is 12.4. The van der Waals surface area contributed by atoms with Gasteiger partial charge in [-0.15, -0.1) is 0 Å². The van der Waals surface area contributed by atoms with Crippen LogP contribution in [0, 0.1) is 5.92 Å². The maximum atomic E-state index is 13.1. The number of benzene rings is 2. The van der Waals surface area contributed by atoms with E-state index in [4.69, 9.17) is 9.47 Å². The Morgan fingerprint density at radius 3 is 2.17 bits per heavy atom. The Kier molecular flexibility index (Phi) is 8.79. The number of piperazine rings is 1. The van der Waals surface area contributed by atoms with Gasteiger partial charge in [-0.1, -0.05) is 30.3 Å². The molecule has 2 heterocycles. The molecule has 0 saturated carbocycles. The lowest BCUT2D eigenvalue weighted by atomic mass is 9.95. The molecule has 0 atom stereocenters. The predicted molar refractivity (Wildman–Crippen MR) is 136 cm³/mol. The Morgan fingerprint density at radius 2 is 1.51 bits per heavy atom. The second-order valence-electron chi connectivity index (χ2n) is 9.03. The molecule has 4 rings (SSSR count). The summed E-state index contributed by atoms with van der Waals surface area (Å²) < 4.78 is 11.0. The van der Waals surface area contributed by atoms with Crippen molar-refractivity contribution in [2.24, 2.45) is 5.92 Å². The fourth-order valence-electron chi connectivity index (χ4n) is 4.60. The van der Waals surface area contributed by atoms with Crippen LogP contribution < -0.4 is 9.47 Å². The van der Waals surface area contributed by atoms with E-state index in [-0.39, 0.29) is 17.7 Å². The monoisotopic (exact) mass is 477 g/mol. The minimum Gasteiger partial charge on any atom is -0.497 e. The summed E-state index contributed by atoms with van der Waals surface area (Å²) in [7, 11) is 1.65. The summed E-state index contributed by atoms with van der Waals surface area (Å²) in [6.07, 6.45) is 4.95. The van der Waals surface area contributed by atoms with E-state index >= 15 is 0 Å². The number of nitrogens with zero attached hydrogens (tertiary/aromatic N) is 3. The van der Waals surface area contributed by atoms with Gasteiger partial charge in [-0.2, -0.15) is 0 Å². The highest BCUT2D eigenvalue weighted by Crippen LogP contribution is 2.21. The third-order valence-corrected chi connectivity index (χ3v) is 6.79. The molecule has 2 aromatic rings. The SMILES string of the molecule is COc1ccc(OCCN2CCN(C(=O)C3CCN(C(=O)C=Cc4ccccc4)CC3)CC2)cc1. The molecule has 2 aliphatic rings. The van der Waals surface area contributed by atoms with Crippen molar-refractivity contribution in [3.05, 3.63) is 66.2 Å². The van der Waals surface area contributed by atoms with Crippen LogP contribution in [0.1, 0.15) is 18.4 Å². The zero-order valence-corrected chi connectivity index (χ0v) is 20.5. The van der Waals surface area contributed by atoms with Crippen LogP contribution in [0.5, 0.6) is 11.5 Å². The first kappa shape index (κ1) is 24.8. The van der Waals surface area contributed by atoms with Crippen molar-refractivity contribution in [3.8, 4) is 11.5 Å².